The van der Waals surface area contributed by atoms with E-state index in [9.17, 15) is 8.42 Å². The molecule has 144 valence electrons. The second-order valence-corrected chi connectivity index (χ2v) is 8.80. The largest absolute Gasteiger partial charge is 0.334 e. The van der Waals surface area contributed by atoms with Crippen LogP contribution >= 0.6 is 11.3 Å². The molecular weight excluding hydrogens is 400 g/mol. The SMILES string of the molecule is Cc1cccc(-c2nc(CS(=O)(=O)Nc3nnc(-c4cccs4)n3C)no2)c1. The molecule has 3 heterocycles. The molecule has 0 aliphatic heterocycles. The Balaban J connectivity index is 1.51. The minimum absolute atomic E-state index is 0.0599. The molecule has 0 aliphatic carbocycles. The van der Waals surface area contributed by atoms with Crippen LogP contribution in [0.25, 0.3) is 22.2 Å². The molecule has 4 rings (SSSR count). The van der Waals surface area contributed by atoms with Crippen molar-refractivity contribution in [2.75, 3.05) is 4.72 Å². The van der Waals surface area contributed by atoms with Gasteiger partial charge in [0.25, 0.3) is 5.89 Å². The summed E-state index contributed by atoms with van der Waals surface area (Å²) in [5, 5.41) is 13.7. The van der Waals surface area contributed by atoms with Crippen molar-refractivity contribution in [3.63, 3.8) is 0 Å². The summed E-state index contributed by atoms with van der Waals surface area (Å²) in [6.45, 7) is 1.94. The van der Waals surface area contributed by atoms with Crippen molar-refractivity contribution in [2.45, 2.75) is 12.7 Å². The van der Waals surface area contributed by atoms with Gasteiger partial charge in [0.15, 0.2) is 11.6 Å². The van der Waals surface area contributed by atoms with Gasteiger partial charge in [-0.3, -0.25) is 9.29 Å². The number of aryl methyl sites for hydroxylation is 1. The predicted molar refractivity (Wildman–Crippen MR) is 105 cm³/mol. The molecule has 0 radical (unpaired) electrons. The second-order valence-electron chi connectivity index (χ2n) is 6.13. The molecule has 0 amide bonds. The van der Waals surface area contributed by atoms with E-state index in [4.69, 9.17) is 4.52 Å². The van der Waals surface area contributed by atoms with Crippen LogP contribution in [0.5, 0.6) is 0 Å². The Labute approximate surface area is 165 Å². The Morgan fingerprint density at radius 3 is 2.82 bits per heavy atom. The Hall–Kier alpha value is -3.05. The van der Waals surface area contributed by atoms with E-state index in [1.54, 1.807) is 11.6 Å². The fourth-order valence-electron chi connectivity index (χ4n) is 2.59. The summed E-state index contributed by atoms with van der Waals surface area (Å²) in [4.78, 5) is 5.07. The molecule has 0 spiro atoms. The van der Waals surface area contributed by atoms with Crippen LogP contribution in [-0.2, 0) is 22.8 Å². The lowest BCUT2D eigenvalue weighted by molar-refractivity contribution is 0.424. The maximum Gasteiger partial charge on any atom is 0.257 e. The van der Waals surface area contributed by atoms with E-state index >= 15 is 0 Å². The number of rotatable bonds is 6. The van der Waals surface area contributed by atoms with E-state index in [0.29, 0.717) is 5.82 Å². The molecule has 0 saturated heterocycles. The average molecular weight is 416 g/mol. The smallest absolute Gasteiger partial charge is 0.257 e. The van der Waals surface area contributed by atoms with Crippen LogP contribution in [0.2, 0.25) is 0 Å². The zero-order valence-corrected chi connectivity index (χ0v) is 16.7. The molecule has 0 bridgehead atoms. The van der Waals surface area contributed by atoms with E-state index < -0.39 is 15.8 Å². The maximum absolute atomic E-state index is 12.5. The molecule has 1 N–H and O–H groups in total. The van der Waals surface area contributed by atoms with Crippen LogP contribution in [0.15, 0.2) is 46.3 Å². The standard InChI is InChI=1S/C17H16N6O3S2/c1-11-5-3-6-12(9-11)16-18-14(21-26-16)10-28(24,25)22-17-20-19-15(23(17)2)13-7-4-8-27-13/h3-9H,10H2,1-2H3,(H,20,22). The van der Waals surface area contributed by atoms with Gasteiger partial charge in [-0.1, -0.05) is 28.9 Å². The molecule has 0 fully saturated rings. The van der Waals surface area contributed by atoms with E-state index in [2.05, 4.69) is 25.1 Å². The highest BCUT2D eigenvalue weighted by molar-refractivity contribution is 7.91. The topological polar surface area (TPSA) is 116 Å². The lowest BCUT2D eigenvalue weighted by Crippen LogP contribution is -2.18. The van der Waals surface area contributed by atoms with Crippen molar-refractivity contribution in [1.29, 1.82) is 0 Å². The monoisotopic (exact) mass is 416 g/mol. The average Bonchev–Trinajstić information content (AvgIpc) is 3.37. The Kier molecular flexibility index (Phi) is 4.69. The van der Waals surface area contributed by atoms with Gasteiger partial charge in [-0.2, -0.15) is 4.98 Å². The summed E-state index contributed by atoms with van der Waals surface area (Å²) in [7, 11) is -2.11. The first-order chi connectivity index (χ1) is 13.4. The zero-order chi connectivity index (χ0) is 19.7. The maximum atomic E-state index is 12.5. The number of nitrogens with zero attached hydrogens (tertiary/aromatic N) is 5. The first-order valence-corrected chi connectivity index (χ1v) is 10.8. The van der Waals surface area contributed by atoms with Crippen molar-refractivity contribution in [3.8, 4) is 22.2 Å². The summed E-state index contributed by atoms with van der Waals surface area (Å²) < 4.78 is 34.2. The van der Waals surface area contributed by atoms with Crippen LogP contribution in [0.3, 0.4) is 0 Å². The van der Waals surface area contributed by atoms with Crippen LogP contribution in [-0.4, -0.2) is 33.3 Å². The van der Waals surface area contributed by atoms with Crippen molar-refractivity contribution in [2.24, 2.45) is 7.05 Å². The van der Waals surface area contributed by atoms with Gasteiger partial charge in [0.2, 0.25) is 16.0 Å². The molecular formula is C17H16N6O3S2. The van der Waals surface area contributed by atoms with Crippen LogP contribution in [0.1, 0.15) is 11.4 Å². The molecule has 0 unspecified atom stereocenters. The van der Waals surface area contributed by atoms with Crippen LogP contribution in [0.4, 0.5) is 5.95 Å². The van der Waals surface area contributed by atoms with Crippen molar-refractivity contribution < 1.29 is 12.9 Å². The first kappa shape index (κ1) is 18.3. The first-order valence-electron chi connectivity index (χ1n) is 8.25. The van der Waals surface area contributed by atoms with Crippen molar-refractivity contribution in [3.05, 3.63) is 53.2 Å². The minimum Gasteiger partial charge on any atom is -0.334 e. The summed E-state index contributed by atoms with van der Waals surface area (Å²) in [5.41, 5.74) is 1.77. The Morgan fingerprint density at radius 1 is 1.21 bits per heavy atom. The molecule has 0 aliphatic rings. The van der Waals surface area contributed by atoms with Crippen LogP contribution in [0, 0.1) is 6.92 Å². The zero-order valence-electron chi connectivity index (χ0n) is 15.0. The third-order valence-corrected chi connectivity index (χ3v) is 5.91. The van der Waals surface area contributed by atoms with E-state index in [1.807, 2.05) is 48.7 Å². The fourth-order valence-corrected chi connectivity index (χ4v) is 4.32. The third kappa shape index (κ3) is 3.80. The summed E-state index contributed by atoms with van der Waals surface area (Å²) >= 11 is 1.49. The summed E-state index contributed by atoms with van der Waals surface area (Å²) in [6, 6.07) is 11.3. The molecule has 3 aromatic heterocycles. The number of thiophene rings is 1. The van der Waals surface area contributed by atoms with E-state index in [0.717, 1.165) is 16.0 Å². The number of benzene rings is 1. The van der Waals surface area contributed by atoms with Gasteiger partial charge in [0.05, 0.1) is 4.88 Å². The summed E-state index contributed by atoms with van der Waals surface area (Å²) in [5.74, 6) is 0.584. The molecule has 0 saturated carbocycles. The number of sulfonamides is 1. The highest BCUT2D eigenvalue weighted by Crippen LogP contribution is 2.24. The molecule has 11 heteroatoms. The van der Waals surface area contributed by atoms with Crippen molar-refractivity contribution in [1.82, 2.24) is 24.9 Å². The number of aromatic nitrogens is 5. The van der Waals surface area contributed by atoms with E-state index in [-0.39, 0.29) is 17.7 Å². The summed E-state index contributed by atoms with van der Waals surface area (Å²) in [6.07, 6.45) is 0. The lowest BCUT2D eigenvalue weighted by Gasteiger charge is -2.05. The van der Waals surface area contributed by atoms with Gasteiger partial charge < -0.3 is 4.52 Å². The van der Waals surface area contributed by atoms with Gasteiger partial charge >= 0.3 is 0 Å². The minimum atomic E-state index is -3.80. The number of nitrogens with one attached hydrogen (secondary N) is 1. The normalized spacial score (nSPS) is 11.6. The molecule has 4 aromatic rings. The number of anilines is 1. The third-order valence-electron chi connectivity index (χ3n) is 3.92. The fraction of sp³-hybridized carbons (Fsp3) is 0.176. The van der Waals surface area contributed by atoms with E-state index in [1.165, 1.54) is 11.3 Å². The van der Waals surface area contributed by atoms with Crippen molar-refractivity contribution >= 4 is 27.3 Å². The second kappa shape index (κ2) is 7.17. The molecule has 0 atom stereocenters. The molecule has 1 aromatic carbocycles. The Morgan fingerprint density at radius 2 is 2.07 bits per heavy atom. The quantitative estimate of drug-likeness (QED) is 0.514. The predicted octanol–water partition coefficient (Wildman–Crippen LogP) is 2.84. The van der Waals surface area contributed by atoms with Gasteiger partial charge in [0, 0.05) is 12.6 Å². The van der Waals surface area contributed by atoms with Gasteiger partial charge in [0.1, 0.15) is 5.75 Å². The lowest BCUT2D eigenvalue weighted by atomic mass is 10.1. The highest BCUT2D eigenvalue weighted by atomic mass is 32.2. The highest BCUT2D eigenvalue weighted by Gasteiger charge is 2.21. The number of hydrogen-bond acceptors (Lipinski definition) is 8. The Bertz CT molecular complexity index is 1210. The molecule has 28 heavy (non-hydrogen) atoms. The van der Waals surface area contributed by atoms with Gasteiger partial charge in [-0.15, -0.1) is 21.5 Å². The van der Waals surface area contributed by atoms with Gasteiger partial charge in [-0.25, -0.2) is 8.42 Å². The van der Waals surface area contributed by atoms with Gasteiger partial charge in [-0.05, 0) is 30.5 Å². The molecule has 9 nitrogen and oxygen atoms in total. The van der Waals surface area contributed by atoms with Crippen LogP contribution < -0.4 is 4.72 Å². The number of hydrogen-bond donors (Lipinski definition) is 1.